The second kappa shape index (κ2) is 4.93. The predicted octanol–water partition coefficient (Wildman–Crippen LogP) is 0.309. The molecule has 0 aromatic carbocycles. The highest BCUT2D eigenvalue weighted by Crippen LogP contribution is 2.23. The van der Waals surface area contributed by atoms with Crippen molar-refractivity contribution >= 4 is 5.69 Å². The number of nitrogens with two attached hydrogens (primary N) is 1. The van der Waals surface area contributed by atoms with Crippen LogP contribution in [-0.4, -0.2) is 23.6 Å². The van der Waals surface area contributed by atoms with E-state index in [0.29, 0.717) is 5.56 Å². The summed E-state index contributed by atoms with van der Waals surface area (Å²) < 4.78 is 4.74. The van der Waals surface area contributed by atoms with Crippen LogP contribution in [0.4, 0.5) is 5.69 Å². The molecule has 78 valence electrons. The third-order valence-corrected chi connectivity index (χ3v) is 1.56. The first-order valence-corrected chi connectivity index (χ1v) is 4.06. The van der Waals surface area contributed by atoms with E-state index in [-0.39, 0.29) is 18.1 Å². The van der Waals surface area contributed by atoms with Gasteiger partial charge < -0.3 is 10.5 Å². The van der Waals surface area contributed by atoms with Gasteiger partial charge in [-0.25, -0.2) is 4.98 Å². The number of pyridine rings is 1. The lowest BCUT2D eigenvalue weighted by Crippen LogP contribution is -1.97. The van der Waals surface area contributed by atoms with Gasteiger partial charge in [-0.15, -0.1) is 0 Å². The Bertz CT molecular complexity index is 434. The molecule has 0 atom stereocenters. The van der Waals surface area contributed by atoms with Gasteiger partial charge in [0.25, 0.3) is 5.88 Å². The van der Waals surface area contributed by atoms with E-state index in [9.17, 15) is 10.1 Å². The molecule has 0 unspecified atom stereocenters. The molecule has 6 heteroatoms. The minimum Gasteiger partial charge on any atom is -0.476 e. The zero-order valence-corrected chi connectivity index (χ0v) is 8.06. The minimum absolute atomic E-state index is 0.0294. The van der Waals surface area contributed by atoms with Crippen LogP contribution < -0.4 is 10.5 Å². The minimum atomic E-state index is -0.570. The van der Waals surface area contributed by atoms with Crippen molar-refractivity contribution in [3.63, 3.8) is 0 Å². The van der Waals surface area contributed by atoms with E-state index in [1.807, 2.05) is 0 Å². The largest absolute Gasteiger partial charge is 0.476 e. The van der Waals surface area contributed by atoms with Crippen LogP contribution in [0.2, 0.25) is 0 Å². The number of rotatable bonds is 2. The molecule has 6 nitrogen and oxygen atoms in total. The highest BCUT2D eigenvalue weighted by molar-refractivity contribution is 5.47. The van der Waals surface area contributed by atoms with Crippen molar-refractivity contribution in [2.24, 2.45) is 5.73 Å². The summed E-state index contributed by atoms with van der Waals surface area (Å²) in [7, 11) is 1.32. The maximum atomic E-state index is 10.6. The topological polar surface area (TPSA) is 91.3 Å². The van der Waals surface area contributed by atoms with Crippen molar-refractivity contribution in [2.45, 2.75) is 0 Å². The van der Waals surface area contributed by atoms with Crippen LogP contribution in [0.25, 0.3) is 0 Å². The molecular weight excluding hydrogens is 198 g/mol. The number of nitrogens with zero attached hydrogens (tertiary/aromatic N) is 2. The van der Waals surface area contributed by atoms with Crippen LogP contribution in [0.1, 0.15) is 5.56 Å². The second-order valence-electron chi connectivity index (χ2n) is 2.52. The first-order chi connectivity index (χ1) is 7.19. The lowest BCUT2D eigenvalue weighted by atomic mass is 10.2. The van der Waals surface area contributed by atoms with Gasteiger partial charge in [0.15, 0.2) is 0 Å². The van der Waals surface area contributed by atoms with Crippen molar-refractivity contribution in [1.82, 2.24) is 4.98 Å². The van der Waals surface area contributed by atoms with Crippen molar-refractivity contribution in [3.8, 4) is 17.7 Å². The molecule has 0 amide bonds. The van der Waals surface area contributed by atoms with E-state index in [1.54, 1.807) is 0 Å². The Morgan fingerprint density at radius 2 is 2.47 bits per heavy atom. The molecule has 0 saturated carbocycles. The van der Waals surface area contributed by atoms with Gasteiger partial charge >= 0.3 is 5.69 Å². The van der Waals surface area contributed by atoms with Crippen LogP contribution in [-0.2, 0) is 0 Å². The molecule has 0 aliphatic carbocycles. The molecule has 0 radical (unpaired) electrons. The molecule has 0 fully saturated rings. The number of ether oxygens (including phenoxy) is 1. The molecule has 1 aromatic rings. The number of aromatic nitrogens is 1. The van der Waals surface area contributed by atoms with Gasteiger partial charge in [-0.1, -0.05) is 11.8 Å². The van der Waals surface area contributed by atoms with Gasteiger partial charge in [0.2, 0.25) is 0 Å². The van der Waals surface area contributed by atoms with Crippen molar-refractivity contribution in [3.05, 3.63) is 27.9 Å². The van der Waals surface area contributed by atoms with Crippen molar-refractivity contribution in [2.75, 3.05) is 13.7 Å². The van der Waals surface area contributed by atoms with Crippen molar-refractivity contribution in [1.29, 1.82) is 0 Å². The Labute approximate surface area is 86.2 Å². The van der Waals surface area contributed by atoms with Crippen LogP contribution in [0, 0.1) is 22.0 Å². The fraction of sp³-hybridized carbons (Fsp3) is 0.222. The molecule has 1 heterocycles. The molecule has 2 N–H and O–H groups in total. The van der Waals surface area contributed by atoms with Crippen LogP contribution >= 0.6 is 0 Å². The number of hydrogen-bond donors (Lipinski definition) is 1. The quantitative estimate of drug-likeness (QED) is 0.428. The lowest BCUT2D eigenvalue weighted by molar-refractivity contribution is -0.386. The third kappa shape index (κ3) is 2.65. The average Bonchev–Trinajstić information content (AvgIpc) is 2.25. The summed E-state index contributed by atoms with van der Waals surface area (Å²) in [5.74, 6) is 5.21. The van der Waals surface area contributed by atoms with E-state index in [4.69, 9.17) is 10.5 Å². The molecular formula is C9H9N3O3. The summed E-state index contributed by atoms with van der Waals surface area (Å²) in [5.41, 5.74) is 5.41. The standard InChI is InChI=1S/C9H9N3O3/c1-15-9-8(12(13)14)5-7(6-11-9)3-2-4-10/h5-6H,4,10H2,1H3. The summed E-state index contributed by atoms with van der Waals surface area (Å²) >= 11 is 0. The monoisotopic (exact) mass is 207 g/mol. The van der Waals surface area contributed by atoms with E-state index < -0.39 is 4.92 Å². The van der Waals surface area contributed by atoms with E-state index >= 15 is 0 Å². The van der Waals surface area contributed by atoms with Crippen LogP contribution in [0.3, 0.4) is 0 Å². The molecule has 0 aliphatic heterocycles. The maximum Gasteiger partial charge on any atom is 0.332 e. The summed E-state index contributed by atoms with van der Waals surface area (Å²) in [4.78, 5) is 13.8. The Morgan fingerprint density at radius 3 is 3.00 bits per heavy atom. The van der Waals surface area contributed by atoms with Gasteiger partial charge in [0.1, 0.15) is 0 Å². The maximum absolute atomic E-state index is 10.6. The molecule has 0 aliphatic rings. The normalized spacial score (nSPS) is 8.93. The molecule has 0 bridgehead atoms. The molecule has 1 aromatic heterocycles. The Morgan fingerprint density at radius 1 is 1.73 bits per heavy atom. The molecule has 0 saturated heterocycles. The number of methoxy groups -OCH3 is 1. The summed E-state index contributed by atoms with van der Waals surface area (Å²) in [5, 5.41) is 10.6. The first-order valence-electron chi connectivity index (χ1n) is 4.06. The first kappa shape index (κ1) is 10.9. The van der Waals surface area contributed by atoms with Crippen LogP contribution in [0.5, 0.6) is 5.88 Å². The van der Waals surface area contributed by atoms with Crippen molar-refractivity contribution < 1.29 is 9.66 Å². The highest BCUT2D eigenvalue weighted by atomic mass is 16.6. The van der Waals surface area contributed by atoms with Gasteiger partial charge in [0.05, 0.1) is 24.1 Å². The Kier molecular flexibility index (Phi) is 3.60. The zero-order chi connectivity index (χ0) is 11.3. The lowest BCUT2D eigenvalue weighted by Gasteiger charge is -1.99. The highest BCUT2D eigenvalue weighted by Gasteiger charge is 2.16. The summed E-state index contributed by atoms with van der Waals surface area (Å²) in [6, 6.07) is 1.30. The van der Waals surface area contributed by atoms with Gasteiger partial charge in [-0.3, -0.25) is 10.1 Å². The second-order valence-corrected chi connectivity index (χ2v) is 2.52. The molecule has 0 spiro atoms. The van der Waals surface area contributed by atoms with E-state index in [0.717, 1.165) is 0 Å². The summed E-state index contributed by atoms with van der Waals surface area (Å²) in [6.07, 6.45) is 1.40. The van der Waals surface area contributed by atoms with E-state index in [1.165, 1.54) is 19.4 Å². The van der Waals surface area contributed by atoms with Gasteiger partial charge in [-0.2, -0.15) is 0 Å². The van der Waals surface area contributed by atoms with E-state index in [2.05, 4.69) is 16.8 Å². The SMILES string of the molecule is COc1ncc(C#CCN)cc1[N+](=O)[O-]. The zero-order valence-electron chi connectivity index (χ0n) is 8.06. The summed E-state index contributed by atoms with van der Waals surface area (Å²) in [6.45, 7) is 0.194. The average molecular weight is 207 g/mol. The Balaban J connectivity index is 3.16. The smallest absolute Gasteiger partial charge is 0.332 e. The predicted molar refractivity (Wildman–Crippen MR) is 53.4 cm³/mol. The molecule has 15 heavy (non-hydrogen) atoms. The number of nitro groups is 1. The fourth-order valence-electron chi connectivity index (χ4n) is 0.950. The number of hydrogen-bond acceptors (Lipinski definition) is 5. The van der Waals surface area contributed by atoms with Gasteiger partial charge in [-0.05, 0) is 0 Å². The fourth-order valence-corrected chi connectivity index (χ4v) is 0.950. The molecule has 1 rings (SSSR count). The third-order valence-electron chi connectivity index (χ3n) is 1.56. The Hall–Kier alpha value is -2.13. The van der Waals surface area contributed by atoms with Crippen LogP contribution in [0.15, 0.2) is 12.3 Å². The van der Waals surface area contributed by atoms with Gasteiger partial charge in [0, 0.05) is 12.3 Å².